The van der Waals surface area contributed by atoms with Crippen LogP contribution < -0.4 is 5.32 Å². The second-order valence-corrected chi connectivity index (χ2v) is 10.3. The van der Waals surface area contributed by atoms with Crippen LogP contribution in [0.15, 0.2) is 54.6 Å². The first-order valence-corrected chi connectivity index (χ1v) is 12.9. The van der Waals surface area contributed by atoms with Crippen molar-refractivity contribution in [2.45, 2.75) is 61.7 Å². The molecule has 2 heterocycles. The number of fused-ring (bicyclic) bond motifs is 4. The summed E-state index contributed by atoms with van der Waals surface area (Å²) in [6.07, 6.45) is 2.98. The summed E-state index contributed by atoms with van der Waals surface area (Å²) in [7, 11) is 2.10. The Morgan fingerprint density at radius 2 is 1.51 bits per heavy atom. The van der Waals surface area contributed by atoms with Gasteiger partial charge in [-0.15, -0.1) is 0 Å². The number of carboxylic acids is 3. The number of hydrogen-bond acceptors (Lipinski definition) is 6. The van der Waals surface area contributed by atoms with Crippen LogP contribution in [0.25, 0.3) is 10.9 Å². The number of ether oxygens (including phenoxy) is 1. The average molecular weight is 539 g/mol. The van der Waals surface area contributed by atoms with E-state index in [-0.39, 0.29) is 11.1 Å². The third kappa shape index (κ3) is 5.68. The predicted molar refractivity (Wildman–Crippen MR) is 142 cm³/mol. The fourth-order valence-electron chi connectivity index (χ4n) is 5.90. The van der Waals surface area contributed by atoms with Crippen LogP contribution in [-0.2, 0) is 36.7 Å². The maximum atomic E-state index is 10.3. The third-order valence-corrected chi connectivity index (χ3v) is 8.00. The van der Waals surface area contributed by atoms with E-state index >= 15 is 0 Å². The molecule has 208 valence electrons. The highest BCUT2D eigenvalue weighted by Gasteiger charge is 2.48. The molecule has 0 atom stereocenters. The van der Waals surface area contributed by atoms with Crippen molar-refractivity contribution in [3.63, 3.8) is 0 Å². The number of hydrogen-bond donors (Lipinski definition) is 6. The van der Waals surface area contributed by atoms with E-state index in [1.54, 1.807) is 0 Å². The zero-order valence-corrected chi connectivity index (χ0v) is 21.8. The van der Waals surface area contributed by atoms with Crippen LogP contribution in [0, 0.1) is 0 Å². The van der Waals surface area contributed by atoms with Gasteiger partial charge in [-0.3, -0.25) is 9.59 Å². The first kappa shape index (κ1) is 28.3. The van der Waals surface area contributed by atoms with Crippen molar-refractivity contribution in [3.05, 3.63) is 71.4 Å². The molecule has 1 spiro atoms. The van der Waals surface area contributed by atoms with Crippen molar-refractivity contribution in [2.24, 2.45) is 0 Å². The number of aliphatic hydroxyl groups is 1. The SMILES string of the molecule is CNC1(c2ccccc2)CCC2(CC1)OCCc1c2[nH]c2ccccc12.O=C(O)CC(O)(CC(=O)O)C(=O)O. The van der Waals surface area contributed by atoms with Crippen LogP contribution in [0.3, 0.4) is 0 Å². The summed E-state index contributed by atoms with van der Waals surface area (Å²) in [5, 5.41) is 38.8. The first-order valence-electron chi connectivity index (χ1n) is 12.9. The summed E-state index contributed by atoms with van der Waals surface area (Å²) in [5.41, 5.74) is 2.62. The normalized spacial score (nSPS) is 22.5. The highest BCUT2D eigenvalue weighted by atomic mass is 16.5. The van der Waals surface area contributed by atoms with Crippen molar-refractivity contribution in [1.82, 2.24) is 10.3 Å². The minimum absolute atomic E-state index is 0.0551. The quantitative estimate of drug-likeness (QED) is 0.264. The van der Waals surface area contributed by atoms with Crippen LogP contribution in [0.2, 0.25) is 0 Å². The molecule has 0 bridgehead atoms. The highest BCUT2D eigenvalue weighted by molar-refractivity contribution is 5.88. The Morgan fingerprint density at radius 1 is 0.923 bits per heavy atom. The maximum absolute atomic E-state index is 10.3. The fourth-order valence-corrected chi connectivity index (χ4v) is 5.90. The van der Waals surface area contributed by atoms with Crippen LogP contribution in [0.4, 0.5) is 0 Å². The molecule has 0 radical (unpaired) electrons. The van der Waals surface area contributed by atoms with E-state index in [0.29, 0.717) is 0 Å². The van der Waals surface area contributed by atoms with Crippen LogP contribution in [0.5, 0.6) is 0 Å². The van der Waals surface area contributed by atoms with E-state index < -0.39 is 36.4 Å². The van der Waals surface area contributed by atoms with Gasteiger partial charge in [0.1, 0.15) is 5.60 Å². The van der Waals surface area contributed by atoms with E-state index in [2.05, 4.69) is 71.9 Å². The van der Waals surface area contributed by atoms with E-state index in [4.69, 9.17) is 25.2 Å². The van der Waals surface area contributed by atoms with Gasteiger partial charge in [0.15, 0.2) is 5.60 Å². The maximum Gasteiger partial charge on any atom is 0.336 e. The molecule has 2 aromatic carbocycles. The lowest BCUT2D eigenvalue weighted by Gasteiger charge is -2.48. The molecule has 0 unspecified atom stereocenters. The number of benzene rings is 2. The smallest absolute Gasteiger partial charge is 0.336 e. The molecule has 1 aliphatic carbocycles. The molecule has 6 N–H and O–H groups in total. The van der Waals surface area contributed by atoms with Gasteiger partial charge in [-0.05, 0) is 56.3 Å². The minimum Gasteiger partial charge on any atom is -0.481 e. The molecular weight excluding hydrogens is 504 g/mol. The second-order valence-electron chi connectivity index (χ2n) is 10.3. The number of rotatable bonds is 7. The number of para-hydroxylation sites is 1. The molecule has 5 rings (SSSR count). The Bertz CT molecular complexity index is 1330. The molecule has 1 aromatic heterocycles. The summed E-state index contributed by atoms with van der Waals surface area (Å²) in [6.45, 7) is 0.826. The summed E-state index contributed by atoms with van der Waals surface area (Å²) >= 11 is 0. The standard InChI is InChI=1S/C23H26N2O.C6H8O7/c1-24-22(17-7-3-2-4-8-17)12-14-23(15-13-22)21-19(11-16-26-23)18-9-5-6-10-20(18)25-21;7-3(8)1-6(13,5(11)12)2-4(9)10/h2-10,24-25H,11-16H2,1H3;13H,1-2H2,(H,7,8)(H,9,10)(H,11,12). The van der Waals surface area contributed by atoms with Gasteiger partial charge >= 0.3 is 17.9 Å². The van der Waals surface area contributed by atoms with Gasteiger partial charge in [-0.2, -0.15) is 0 Å². The largest absolute Gasteiger partial charge is 0.481 e. The second kappa shape index (κ2) is 11.2. The molecular formula is C29H34N2O8. The number of aromatic amines is 1. The molecule has 1 fully saturated rings. The Balaban J connectivity index is 0.000000233. The van der Waals surface area contributed by atoms with E-state index in [1.807, 2.05) is 0 Å². The van der Waals surface area contributed by atoms with Crippen LogP contribution in [0.1, 0.15) is 55.3 Å². The lowest BCUT2D eigenvalue weighted by atomic mass is 9.68. The minimum atomic E-state index is -2.74. The van der Waals surface area contributed by atoms with E-state index in [9.17, 15) is 14.4 Å². The van der Waals surface area contributed by atoms with Gasteiger partial charge in [0, 0.05) is 16.4 Å². The third-order valence-electron chi connectivity index (χ3n) is 8.00. The van der Waals surface area contributed by atoms with Crippen molar-refractivity contribution in [2.75, 3.05) is 13.7 Å². The molecule has 10 nitrogen and oxygen atoms in total. The zero-order chi connectivity index (χ0) is 28.3. The highest BCUT2D eigenvalue weighted by Crippen LogP contribution is 2.50. The van der Waals surface area contributed by atoms with Crippen molar-refractivity contribution < 1.29 is 39.5 Å². The monoisotopic (exact) mass is 538 g/mol. The Hall–Kier alpha value is -3.73. The fraction of sp³-hybridized carbons (Fsp3) is 0.414. The van der Waals surface area contributed by atoms with Gasteiger partial charge in [0.25, 0.3) is 0 Å². The molecule has 1 saturated carbocycles. The Labute approximate surface area is 225 Å². The molecule has 1 aliphatic heterocycles. The van der Waals surface area contributed by atoms with E-state index in [1.165, 1.54) is 27.7 Å². The van der Waals surface area contributed by atoms with Gasteiger partial charge in [-0.25, -0.2) is 4.79 Å². The lowest BCUT2D eigenvalue weighted by molar-refractivity contribution is -0.170. The van der Waals surface area contributed by atoms with Crippen molar-refractivity contribution in [3.8, 4) is 0 Å². The Kier molecular flexibility index (Phi) is 8.10. The molecule has 10 heteroatoms. The van der Waals surface area contributed by atoms with Gasteiger partial charge in [0.05, 0.1) is 25.1 Å². The van der Waals surface area contributed by atoms with Crippen LogP contribution >= 0.6 is 0 Å². The molecule has 39 heavy (non-hydrogen) atoms. The molecule has 3 aromatic rings. The summed E-state index contributed by atoms with van der Waals surface area (Å²) in [6, 6.07) is 19.6. The number of aromatic nitrogens is 1. The lowest BCUT2D eigenvalue weighted by Crippen LogP contribution is -2.49. The molecule has 0 amide bonds. The first-order chi connectivity index (χ1) is 18.5. The zero-order valence-electron chi connectivity index (χ0n) is 21.8. The number of carboxylic acid groups (broad SMARTS) is 3. The summed E-state index contributed by atoms with van der Waals surface area (Å²) < 4.78 is 6.48. The summed E-state index contributed by atoms with van der Waals surface area (Å²) in [5.74, 6) is -5.02. The van der Waals surface area contributed by atoms with Crippen molar-refractivity contribution in [1.29, 1.82) is 0 Å². The van der Waals surface area contributed by atoms with Crippen LogP contribution in [-0.4, -0.2) is 62.6 Å². The topological polar surface area (TPSA) is 169 Å². The number of H-pyrrole nitrogens is 1. The van der Waals surface area contributed by atoms with Gasteiger partial charge in [0.2, 0.25) is 0 Å². The number of carbonyl (C=O) groups is 3. The number of aliphatic carboxylic acids is 3. The Morgan fingerprint density at radius 3 is 2.08 bits per heavy atom. The van der Waals surface area contributed by atoms with Crippen molar-refractivity contribution >= 4 is 28.8 Å². The predicted octanol–water partition coefficient (Wildman–Crippen LogP) is 3.38. The van der Waals surface area contributed by atoms with E-state index in [0.717, 1.165) is 38.7 Å². The summed E-state index contributed by atoms with van der Waals surface area (Å²) in [4.78, 5) is 34.2. The molecule has 0 saturated heterocycles. The average Bonchev–Trinajstić information content (AvgIpc) is 3.30. The molecule has 2 aliphatic rings. The number of nitrogens with one attached hydrogen (secondary N) is 2. The van der Waals surface area contributed by atoms with Gasteiger partial charge < -0.3 is 35.5 Å². The van der Waals surface area contributed by atoms with Gasteiger partial charge in [-0.1, -0.05) is 48.5 Å².